The van der Waals surface area contributed by atoms with E-state index in [0.29, 0.717) is 0 Å². The third-order valence-electron chi connectivity index (χ3n) is 13.8. The summed E-state index contributed by atoms with van der Waals surface area (Å²) in [7, 11) is 0. The van der Waals surface area contributed by atoms with Gasteiger partial charge in [0.05, 0.1) is 5.41 Å². The maximum Gasteiger partial charge on any atom is 0.135 e. The van der Waals surface area contributed by atoms with Crippen LogP contribution in [0.2, 0.25) is 0 Å². The smallest absolute Gasteiger partial charge is 0.135 e. The van der Waals surface area contributed by atoms with Gasteiger partial charge in [-0.25, -0.2) is 0 Å². The molecular weight excluding hydrogens is 725 g/mol. The summed E-state index contributed by atoms with van der Waals surface area (Å²) in [5.41, 5.74) is 17.1. The maximum absolute atomic E-state index is 6.26. The largest absolute Gasteiger partial charge is 0.456 e. The van der Waals surface area contributed by atoms with Gasteiger partial charge in [0.2, 0.25) is 0 Å². The Morgan fingerprint density at radius 2 is 0.800 bits per heavy atom. The molecule has 1 spiro atoms. The van der Waals surface area contributed by atoms with Gasteiger partial charge in [0, 0.05) is 10.8 Å². The van der Waals surface area contributed by atoms with Crippen LogP contribution in [0, 0.1) is 0 Å². The molecule has 0 fully saturated rings. The summed E-state index contributed by atoms with van der Waals surface area (Å²) in [5.74, 6) is 0. The van der Waals surface area contributed by atoms with Crippen LogP contribution in [0.25, 0.3) is 110 Å². The standard InChI is InChI=1S/C59H34O/c1-2-14-40-35(13-1)27-29-52-58(40)49-32-36-25-26-37(31-39(36)34-53(49)59(52)50-22-10-7-15-41(50)42-16-8-11-23-51(42)59)56-44-18-3-5-20-46(44)57(47-21-6-4-19-45(47)56)38-28-30-55-48(33-38)43-17-9-12-24-54(43)60-55/h1-34H. The Labute approximate surface area is 346 Å². The Morgan fingerprint density at radius 1 is 0.267 bits per heavy atom. The average Bonchev–Trinajstić information content (AvgIpc) is 3.93. The Bertz CT molecular complexity index is 3740. The molecule has 1 heteroatoms. The van der Waals surface area contributed by atoms with E-state index in [-0.39, 0.29) is 0 Å². The molecule has 60 heavy (non-hydrogen) atoms. The van der Waals surface area contributed by atoms with Crippen LogP contribution in [0.3, 0.4) is 0 Å². The fraction of sp³-hybridized carbons (Fsp3) is 0.0169. The predicted molar refractivity (Wildman–Crippen MR) is 251 cm³/mol. The number of hydrogen-bond acceptors (Lipinski definition) is 1. The van der Waals surface area contributed by atoms with Crippen molar-refractivity contribution in [2.45, 2.75) is 5.41 Å². The highest BCUT2D eigenvalue weighted by molar-refractivity contribution is 6.22. The summed E-state index contributed by atoms with van der Waals surface area (Å²) in [6, 6.07) is 77.0. The number of hydrogen-bond donors (Lipinski definition) is 0. The van der Waals surface area contributed by atoms with Crippen molar-refractivity contribution in [2.75, 3.05) is 0 Å². The lowest BCUT2D eigenvalue weighted by Gasteiger charge is -2.30. The Morgan fingerprint density at radius 3 is 1.50 bits per heavy atom. The molecule has 0 radical (unpaired) electrons. The molecule has 1 aromatic heterocycles. The van der Waals surface area contributed by atoms with Crippen LogP contribution in [-0.2, 0) is 5.41 Å². The zero-order valence-electron chi connectivity index (χ0n) is 32.5. The number of para-hydroxylation sites is 1. The van der Waals surface area contributed by atoms with Crippen LogP contribution in [0.4, 0.5) is 0 Å². The monoisotopic (exact) mass is 758 g/mol. The van der Waals surface area contributed by atoms with Crippen molar-refractivity contribution in [3.05, 3.63) is 229 Å². The number of rotatable bonds is 2. The molecule has 0 amide bonds. The predicted octanol–water partition coefficient (Wildman–Crippen LogP) is 15.9. The normalized spacial score (nSPS) is 13.5. The first-order chi connectivity index (χ1) is 29.8. The minimum Gasteiger partial charge on any atom is -0.456 e. The SMILES string of the molecule is c1ccc2c(c1)-c1ccccc1C21c2cc3cc(-c4c5ccccc5c(-c5ccc6oc7ccccc7c6c5)c5ccccc45)ccc3cc2-c2c1ccc1ccccc21. The highest BCUT2D eigenvalue weighted by Gasteiger charge is 2.52. The first-order valence-electron chi connectivity index (χ1n) is 20.9. The lowest BCUT2D eigenvalue weighted by atomic mass is 9.70. The fourth-order valence-electron chi connectivity index (χ4n) is 11.4. The van der Waals surface area contributed by atoms with Gasteiger partial charge in [-0.05, 0) is 146 Å². The zero-order valence-corrected chi connectivity index (χ0v) is 32.5. The quantitative estimate of drug-likeness (QED) is 0.160. The van der Waals surface area contributed by atoms with Crippen LogP contribution >= 0.6 is 0 Å². The van der Waals surface area contributed by atoms with Crippen LogP contribution in [0.15, 0.2) is 211 Å². The van der Waals surface area contributed by atoms with E-state index in [4.69, 9.17) is 4.42 Å². The van der Waals surface area contributed by atoms with Gasteiger partial charge in [0.1, 0.15) is 11.2 Å². The van der Waals surface area contributed by atoms with Gasteiger partial charge in [-0.2, -0.15) is 0 Å². The summed E-state index contributed by atoms with van der Waals surface area (Å²) >= 11 is 0. The molecule has 1 heterocycles. The zero-order chi connectivity index (χ0) is 39.1. The van der Waals surface area contributed by atoms with E-state index in [1.54, 1.807) is 0 Å². The van der Waals surface area contributed by atoms with Crippen molar-refractivity contribution >= 4 is 65.0 Å². The van der Waals surface area contributed by atoms with Crippen LogP contribution in [-0.4, -0.2) is 0 Å². The van der Waals surface area contributed by atoms with Gasteiger partial charge < -0.3 is 4.42 Å². The Balaban J connectivity index is 1.04. The molecule has 0 saturated carbocycles. The van der Waals surface area contributed by atoms with Gasteiger partial charge in [0.15, 0.2) is 0 Å². The fourth-order valence-corrected chi connectivity index (χ4v) is 11.4. The molecule has 11 aromatic carbocycles. The van der Waals surface area contributed by atoms with E-state index >= 15 is 0 Å². The first-order valence-corrected chi connectivity index (χ1v) is 20.9. The van der Waals surface area contributed by atoms with Gasteiger partial charge in [-0.1, -0.05) is 170 Å². The molecule has 0 unspecified atom stereocenters. The summed E-state index contributed by atoms with van der Waals surface area (Å²) < 4.78 is 6.26. The Hall–Kier alpha value is -7.74. The Kier molecular flexibility index (Phi) is 6.28. The second-order valence-corrected chi connectivity index (χ2v) is 16.7. The molecular formula is C59H34O. The third kappa shape index (κ3) is 4.06. The minimum atomic E-state index is -0.422. The first kappa shape index (κ1) is 32.2. The van der Waals surface area contributed by atoms with E-state index in [1.165, 1.54) is 110 Å². The van der Waals surface area contributed by atoms with Crippen molar-refractivity contribution in [2.24, 2.45) is 0 Å². The topological polar surface area (TPSA) is 13.1 Å². The average molecular weight is 759 g/mol. The minimum absolute atomic E-state index is 0.422. The van der Waals surface area contributed by atoms with Crippen LogP contribution in [0.1, 0.15) is 22.3 Å². The summed E-state index contributed by atoms with van der Waals surface area (Å²) in [6.07, 6.45) is 0. The van der Waals surface area contributed by atoms with E-state index in [9.17, 15) is 0 Å². The number of fused-ring (bicyclic) bond motifs is 18. The number of furan rings is 1. The highest BCUT2D eigenvalue weighted by atomic mass is 16.3. The molecule has 0 aliphatic heterocycles. The molecule has 1 nitrogen and oxygen atoms in total. The number of benzene rings is 11. The molecule has 0 saturated heterocycles. The summed E-state index contributed by atoms with van der Waals surface area (Å²) in [6.45, 7) is 0. The van der Waals surface area contributed by atoms with E-state index < -0.39 is 5.41 Å². The van der Waals surface area contributed by atoms with Gasteiger partial charge in [-0.3, -0.25) is 0 Å². The van der Waals surface area contributed by atoms with E-state index in [2.05, 4.69) is 200 Å². The maximum atomic E-state index is 6.26. The molecule has 0 N–H and O–H groups in total. The molecule has 12 aromatic rings. The van der Waals surface area contributed by atoms with Crippen LogP contribution < -0.4 is 0 Å². The molecule has 0 atom stereocenters. The third-order valence-corrected chi connectivity index (χ3v) is 13.8. The second kappa shape index (κ2) is 11.7. The van der Waals surface area contributed by atoms with E-state index in [1.807, 2.05) is 6.07 Å². The van der Waals surface area contributed by atoms with Crippen LogP contribution in [0.5, 0.6) is 0 Å². The van der Waals surface area contributed by atoms with Gasteiger partial charge in [-0.15, -0.1) is 0 Å². The van der Waals surface area contributed by atoms with Crippen molar-refractivity contribution in [3.63, 3.8) is 0 Å². The second-order valence-electron chi connectivity index (χ2n) is 16.7. The lowest BCUT2D eigenvalue weighted by molar-refractivity contribution is 0.669. The molecule has 2 aliphatic rings. The highest BCUT2D eigenvalue weighted by Crippen LogP contribution is 2.64. The van der Waals surface area contributed by atoms with Gasteiger partial charge in [0.25, 0.3) is 0 Å². The molecule has 276 valence electrons. The molecule has 2 aliphatic carbocycles. The molecule has 14 rings (SSSR count). The molecule has 0 bridgehead atoms. The summed E-state index contributed by atoms with van der Waals surface area (Å²) in [5, 5.41) is 12.3. The van der Waals surface area contributed by atoms with E-state index in [0.717, 1.165) is 21.9 Å². The lowest BCUT2D eigenvalue weighted by Crippen LogP contribution is -2.25. The van der Waals surface area contributed by atoms with Crippen molar-refractivity contribution in [1.82, 2.24) is 0 Å². The van der Waals surface area contributed by atoms with Crippen molar-refractivity contribution < 1.29 is 4.42 Å². The van der Waals surface area contributed by atoms with Gasteiger partial charge >= 0.3 is 0 Å². The van der Waals surface area contributed by atoms with Crippen molar-refractivity contribution in [1.29, 1.82) is 0 Å². The summed E-state index contributed by atoms with van der Waals surface area (Å²) in [4.78, 5) is 0. The van der Waals surface area contributed by atoms with Crippen molar-refractivity contribution in [3.8, 4) is 44.5 Å².